The van der Waals surface area contributed by atoms with E-state index in [1.54, 1.807) is 6.07 Å². The first-order valence-corrected chi connectivity index (χ1v) is 6.18. The van der Waals surface area contributed by atoms with Crippen LogP contribution in [0.3, 0.4) is 0 Å². The molecule has 4 aromatic rings. The average molecular weight is 263 g/mol. The van der Waals surface area contributed by atoms with E-state index in [0.29, 0.717) is 10.9 Å². The SMILES string of the molecule is O=[N+]([O-])c1cccc2[nH]c3cc4ccccc4nc3c12. The molecule has 0 aliphatic rings. The van der Waals surface area contributed by atoms with Gasteiger partial charge in [0.25, 0.3) is 5.69 Å². The molecule has 5 heteroatoms. The highest BCUT2D eigenvalue weighted by Gasteiger charge is 2.17. The maximum Gasteiger partial charge on any atom is 0.280 e. The van der Waals surface area contributed by atoms with Crippen molar-refractivity contribution in [2.24, 2.45) is 0 Å². The number of nitro groups is 1. The Morgan fingerprint density at radius 2 is 1.90 bits per heavy atom. The molecule has 2 heterocycles. The summed E-state index contributed by atoms with van der Waals surface area (Å²) in [5, 5.41) is 12.8. The van der Waals surface area contributed by atoms with Gasteiger partial charge in [-0.2, -0.15) is 0 Å². The van der Waals surface area contributed by atoms with Gasteiger partial charge in [0.05, 0.1) is 21.5 Å². The van der Waals surface area contributed by atoms with Gasteiger partial charge in [0.2, 0.25) is 0 Å². The number of aromatic amines is 1. The second kappa shape index (κ2) is 3.77. The Bertz CT molecular complexity index is 988. The van der Waals surface area contributed by atoms with Crippen LogP contribution in [0.1, 0.15) is 0 Å². The minimum absolute atomic E-state index is 0.0801. The summed E-state index contributed by atoms with van der Waals surface area (Å²) in [6.07, 6.45) is 0. The van der Waals surface area contributed by atoms with Crippen molar-refractivity contribution in [3.8, 4) is 0 Å². The normalized spacial score (nSPS) is 11.4. The van der Waals surface area contributed by atoms with Gasteiger partial charge in [-0.25, -0.2) is 4.98 Å². The van der Waals surface area contributed by atoms with Crippen molar-refractivity contribution in [1.29, 1.82) is 0 Å². The van der Waals surface area contributed by atoms with E-state index in [4.69, 9.17) is 0 Å². The molecule has 4 rings (SSSR count). The Kier molecular flexibility index (Phi) is 2.06. The van der Waals surface area contributed by atoms with Crippen LogP contribution in [0, 0.1) is 10.1 Å². The smallest absolute Gasteiger partial charge is 0.280 e. The van der Waals surface area contributed by atoms with Gasteiger partial charge >= 0.3 is 0 Å². The highest BCUT2D eigenvalue weighted by Crippen LogP contribution is 2.33. The number of fused-ring (bicyclic) bond motifs is 4. The van der Waals surface area contributed by atoms with Gasteiger partial charge in [-0.05, 0) is 18.2 Å². The lowest BCUT2D eigenvalue weighted by Gasteiger charge is -1.97. The molecule has 96 valence electrons. The first-order chi connectivity index (χ1) is 9.74. The van der Waals surface area contributed by atoms with E-state index in [1.165, 1.54) is 6.07 Å². The van der Waals surface area contributed by atoms with Gasteiger partial charge in [-0.15, -0.1) is 0 Å². The van der Waals surface area contributed by atoms with E-state index < -0.39 is 0 Å². The molecule has 0 unspecified atom stereocenters. The number of hydrogen-bond donors (Lipinski definition) is 1. The third kappa shape index (κ3) is 1.40. The van der Waals surface area contributed by atoms with Crippen molar-refractivity contribution in [1.82, 2.24) is 9.97 Å². The monoisotopic (exact) mass is 263 g/mol. The van der Waals surface area contributed by atoms with E-state index in [9.17, 15) is 10.1 Å². The topological polar surface area (TPSA) is 71.8 Å². The van der Waals surface area contributed by atoms with Crippen LogP contribution in [0.4, 0.5) is 5.69 Å². The van der Waals surface area contributed by atoms with Crippen molar-refractivity contribution in [2.45, 2.75) is 0 Å². The molecular weight excluding hydrogens is 254 g/mol. The molecule has 2 aromatic heterocycles. The first-order valence-electron chi connectivity index (χ1n) is 6.18. The van der Waals surface area contributed by atoms with E-state index in [0.717, 1.165) is 21.9 Å². The predicted molar refractivity (Wildman–Crippen MR) is 77.8 cm³/mol. The maximum atomic E-state index is 11.2. The summed E-state index contributed by atoms with van der Waals surface area (Å²) in [6.45, 7) is 0. The summed E-state index contributed by atoms with van der Waals surface area (Å²) in [5.74, 6) is 0. The fourth-order valence-electron chi connectivity index (χ4n) is 2.59. The van der Waals surface area contributed by atoms with Crippen molar-refractivity contribution < 1.29 is 4.92 Å². The van der Waals surface area contributed by atoms with Crippen LogP contribution in [0.5, 0.6) is 0 Å². The van der Waals surface area contributed by atoms with E-state index >= 15 is 0 Å². The Morgan fingerprint density at radius 3 is 2.75 bits per heavy atom. The molecule has 0 aliphatic carbocycles. The largest absolute Gasteiger partial charge is 0.353 e. The van der Waals surface area contributed by atoms with Crippen molar-refractivity contribution in [3.05, 3.63) is 58.6 Å². The molecule has 0 saturated heterocycles. The molecule has 0 radical (unpaired) electrons. The highest BCUT2D eigenvalue weighted by molar-refractivity contribution is 6.12. The second-order valence-corrected chi connectivity index (χ2v) is 4.66. The lowest BCUT2D eigenvalue weighted by molar-refractivity contribution is -0.383. The number of hydrogen-bond acceptors (Lipinski definition) is 3. The molecule has 0 spiro atoms. The highest BCUT2D eigenvalue weighted by atomic mass is 16.6. The molecular formula is C15H9N3O2. The molecule has 0 fully saturated rings. The van der Waals surface area contributed by atoms with Crippen LogP contribution in [0.2, 0.25) is 0 Å². The third-order valence-electron chi connectivity index (χ3n) is 3.47. The van der Waals surface area contributed by atoms with Gasteiger partial charge in [-0.1, -0.05) is 24.3 Å². The van der Waals surface area contributed by atoms with Crippen LogP contribution < -0.4 is 0 Å². The number of H-pyrrole nitrogens is 1. The van der Waals surface area contributed by atoms with Crippen LogP contribution in [-0.4, -0.2) is 14.9 Å². The number of pyridine rings is 1. The Morgan fingerprint density at radius 1 is 1.05 bits per heavy atom. The zero-order chi connectivity index (χ0) is 13.7. The number of nitrogens with one attached hydrogen (secondary N) is 1. The van der Waals surface area contributed by atoms with E-state index in [-0.39, 0.29) is 10.6 Å². The fourth-order valence-corrected chi connectivity index (χ4v) is 2.59. The number of non-ortho nitro benzene ring substituents is 1. The zero-order valence-corrected chi connectivity index (χ0v) is 10.3. The molecule has 0 bridgehead atoms. The molecule has 5 nitrogen and oxygen atoms in total. The number of nitrogens with zero attached hydrogens (tertiary/aromatic N) is 2. The minimum Gasteiger partial charge on any atom is -0.353 e. The fraction of sp³-hybridized carbons (Fsp3) is 0. The quantitative estimate of drug-likeness (QED) is 0.419. The molecule has 0 saturated carbocycles. The van der Waals surface area contributed by atoms with Crippen molar-refractivity contribution in [3.63, 3.8) is 0 Å². The molecule has 20 heavy (non-hydrogen) atoms. The summed E-state index contributed by atoms with van der Waals surface area (Å²) in [5.41, 5.74) is 3.10. The van der Waals surface area contributed by atoms with E-state index in [1.807, 2.05) is 36.4 Å². The van der Waals surface area contributed by atoms with Gasteiger partial charge in [0, 0.05) is 11.5 Å². The van der Waals surface area contributed by atoms with Gasteiger partial charge in [-0.3, -0.25) is 10.1 Å². The number of rotatable bonds is 1. The van der Waals surface area contributed by atoms with E-state index in [2.05, 4.69) is 9.97 Å². The predicted octanol–water partition coefficient (Wildman–Crippen LogP) is 3.78. The third-order valence-corrected chi connectivity index (χ3v) is 3.47. The number of aromatic nitrogens is 2. The number of nitro benzene ring substituents is 1. The first kappa shape index (κ1) is 10.9. The number of para-hydroxylation sites is 1. The van der Waals surface area contributed by atoms with Crippen LogP contribution in [-0.2, 0) is 0 Å². The van der Waals surface area contributed by atoms with Crippen molar-refractivity contribution >= 4 is 38.5 Å². The Hall–Kier alpha value is -2.95. The molecule has 1 N–H and O–H groups in total. The average Bonchev–Trinajstić information content (AvgIpc) is 2.82. The lowest BCUT2D eigenvalue weighted by atomic mass is 10.1. The zero-order valence-electron chi connectivity index (χ0n) is 10.3. The molecule has 2 aromatic carbocycles. The van der Waals surface area contributed by atoms with Gasteiger partial charge in [0.1, 0.15) is 10.9 Å². The van der Waals surface area contributed by atoms with Gasteiger partial charge < -0.3 is 4.98 Å². The Labute approximate surface area is 113 Å². The minimum atomic E-state index is -0.369. The summed E-state index contributed by atoms with van der Waals surface area (Å²) < 4.78 is 0. The summed E-state index contributed by atoms with van der Waals surface area (Å²) in [7, 11) is 0. The van der Waals surface area contributed by atoms with Crippen LogP contribution in [0.25, 0.3) is 32.8 Å². The molecule has 0 atom stereocenters. The summed E-state index contributed by atoms with van der Waals surface area (Å²) >= 11 is 0. The standard InChI is InChI=1S/C15H9N3O2/c19-18(20)13-7-3-6-11-14(13)15-12(16-11)8-9-4-1-2-5-10(9)17-15/h1-8,16H. The Balaban J connectivity index is 2.25. The summed E-state index contributed by atoms with van der Waals surface area (Å²) in [4.78, 5) is 18.6. The van der Waals surface area contributed by atoms with Crippen LogP contribution >= 0.6 is 0 Å². The number of benzene rings is 2. The molecule has 0 aliphatic heterocycles. The maximum absolute atomic E-state index is 11.2. The lowest BCUT2D eigenvalue weighted by Crippen LogP contribution is -1.88. The second-order valence-electron chi connectivity index (χ2n) is 4.66. The van der Waals surface area contributed by atoms with Crippen LogP contribution in [0.15, 0.2) is 48.5 Å². The molecule has 0 amide bonds. The van der Waals surface area contributed by atoms with Gasteiger partial charge in [0.15, 0.2) is 0 Å². The van der Waals surface area contributed by atoms with Crippen molar-refractivity contribution in [2.75, 3.05) is 0 Å². The summed E-state index contributed by atoms with van der Waals surface area (Å²) in [6, 6.07) is 14.7.